The van der Waals surface area contributed by atoms with Crippen LogP contribution < -0.4 is 9.84 Å². The van der Waals surface area contributed by atoms with E-state index in [1.165, 1.54) is 36.4 Å². The molecule has 0 fully saturated rings. The van der Waals surface area contributed by atoms with Gasteiger partial charge >= 0.3 is 6.18 Å². The van der Waals surface area contributed by atoms with E-state index in [1.54, 1.807) is 12.1 Å². The lowest BCUT2D eigenvalue weighted by Crippen LogP contribution is -2.23. The zero-order valence-corrected chi connectivity index (χ0v) is 10.7. The Morgan fingerprint density at radius 3 is 2.19 bits per heavy atom. The molecule has 110 valence electrons. The number of para-hydroxylation sites is 1. The third kappa shape index (κ3) is 3.75. The summed E-state index contributed by atoms with van der Waals surface area (Å²) in [6.07, 6.45) is -4.47. The largest absolute Gasteiger partial charge is 0.545 e. The van der Waals surface area contributed by atoms with Gasteiger partial charge in [0.2, 0.25) is 0 Å². The Balaban J connectivity index is 2.43. The SMILES string of the molecule is O=C([O-])c1ccccc1-c1ccccc1OCC(F)(F)F. The van der Waals surface area contributed by atoms with Crippen molar-refractivity contribution >= 4 is 5.97 Å². The fourth-order valence-electron chi connectivity index (χ4n) is 1.87. The zero-order chi connectivity index (χ0) is 15.5. The predicted octanol–water partition coefficient (Wildman–Crippen LogP) is 2.66. The van der Waals surface area contributed by atoms with Gasteiger partial charge in [0.05, 0.1) is 5.97 Å². The van der Waals surface area contributed by atoms with Crippen LogP contribution in [0.15, 0.2) is 48.5 Å². The van der Waals surface area contributed by atoms with Crippen molar-refractivity contribution in [3.05, 3.63) is 54.1 Å². The maximum absolute atomic E-state index is 12.3. The lowest BCUT2D eigenvalue weighted by Gasteiger charge is -2.16. The zero-order valence-electron chi connectivity index (χ0n) is 10.7. The van der Waals surface area contributed by atoms with Gasteiger partial charge in [-0.05, 0) is 11.6 Å². The van der Waals surface area contributed by atoms with E-state index in [2.05, 4.69) is 0 Å². The van der Waals surface area contributed by atoms with E-state index in [9.17, 15) is 23.1 Å². The number of alkyl halides is 3. The number of hydrogen-bond acceptors (Lipinski definition) is 3. The van der Waals surface area contributed by atoms with Gasteiger partial charge in [-0.15, -0.1) is 0 Å². The molecule has 0 saturated carbocycles. The number of rotatable bonds is 4. The maximum Gasteiger partial charge on any atom is 0.422 e. The fraction of sp³-hybridized carbons (Fsp3) is 0.133. The average Bonchev–Trinajstić information content (AvgIpc) is 2.44. The van der Waals surface area contributed by atoms with Crippen LogP contribution in [0.3, 0.4) is 0 Å². The Bertz CT molecular complexity index is 651. The van der Waals surface area contributed by atoms with Gasteiger partial charge in [-0.1, -0.05) is 42.5 Å². The first-order valence-electron chi connectivity index (χ1n) is 5.98. The Kier molecular flexibility index (Phi) is 4.16. The lowest BCUT2D eigenvalue weighted by molar-refractivity contribution is -0.254. The highest BCUT2D eigenvalue weighted by Gasteiger charge is 2.29. The summed E-state index contributed by atoms with van der Waals surface area (Å²) in [6.45, 7) is -1.45. The minimum atomic E-state index is -4.47. The number of carbonyl (C=O) groups is 1. The first-order valence-corrected chi connectivity index (χ1v) is 5.98. The van der Waals surface area contributed by atoms with E-state index in [-0.39, 0.29) is 22.4 Å². The minimum absolute atomic E-state index is 0.0384. The van der Waals surface area contributed by atoms with Crippen LogP contribution in [-0.2, 0) is 0 Å². The number of aromatic carboxylic acids is 1. The Morgan fingerprint density at radius 1 is 1.00 bits per heavy atom. The summed E-state index contributed by atoms with van der Waals surface area (Å²) < 4.78 is 41.5. The quantitative estimate of drug-likeness (QED) is 0.871. The van der Waals surface area contributed by atoms with Crippen molar-refractivity contribution in [1.29, 1.82) is 0 Å². The number of halogens is 3. The maximum atomic E-state index is 12.3. The second-order valence-electron chi connectivity index (χ2n) is 4.23. The summed E-state index contributed by atoms with van der Waals surface area (Å²) in [7, 11) is 0. The number of benzene rings is 2. The van der Waals surface area contributed by atoms with Crippen LogP contribution in [0.4, 0.5) is 13.2 Å². The first kappa shape index (κ1) is 14.9. The summed E-state index contributed by atoms with van der Waals surface area (Å²) in [5.74, 6) is -1.44. The van der Waals surface area contributed by atoms with Crippen molar-refractivity contribution in [2.24, 2.45) is 0 Å². The molecule has 2 aromatic carbocycles. The molecule has 0 aliphatic carbocycles. The minimum Gasteiger partial charge on any atom is -0.545 e. The Labute approximate surface area is 118 Å². The van der Waals surface area contributed by atoms with Gasteiger partial charge in [-0.25, -0.2) is 0 Å². The van der Waals surface area contributed by atoms with Gasteiger partial charge in [-0.3, -0.25) is 0 Å². The van der Waals surface area contributed by atoms with Gasteiger partial charge in [0.15, 0.2) is 6.61 Å². The molecule has 0 spiro atoms. The molecule has 0 aromatic heterocycles. The molecular formula is C15H10F3O3-. The monoisotopic (exact) mass is 295 g/mol. The van der Waals surface area contributed by atoms with Gasteiger partial charge in [0.25, 0.3) is 0 Å². The van der Waals surface area contributed by atoms with Crippen LogP contribution in [0.25, 0.3) is 11.1 Å². The number of carboxylic acids is 1. The molecule has 0 unspecified atom stereocenters. The number of ether oxygens (including phenoxy) is 1. The molecule has 6 heteroatoms. The number of carbonyl (C=O) groups excluding carboxylic acids is 1. The van der Waals surface area contributed by atoms with Crippen molar-refractivity contribution < 1.29 is 27.8 Å². The van der Waals surface area contributed by atoms with Crippen LogP contribution >= 0.6 is 0 Å². The second kappa shape index (κ2) is 5.87. The molecule has 0 aliphatic heterocycles. The molecule has 2 aromatic rings. The van der Waals surface area contributed by atoms with E-state index in [0.29, 0.717) is 0 Å². The first-order chi connectivity index (χ1) is 9.88. The number of carboxylic acid groups (broad SMARTS) is 1. The van der Waals surface area contributed by atoms with E-state index in [1.807, 2.05) is 0 Å². The van der Waals surface area contributed by atoms with E-state index < -0.39 is 18.8 Å². The van der Waals surface area contributed by atoms with Crippen molar-refractivity contribution in [2.45, 2.75) is 6.18 Å². The highest BCUT2D eigenvalue weighted by Crippen LogP contribution is 2.33. The van der Waals surface area contributed by atoms with E-state index in [4.69, 9.17) is 4.74 Å². The smallest absolute Gasteiger partial charge is 0.422 e. The van der Waals surface area contributed by atoms with Gasteiger partial charge in [-0.2, -0.15) is 13.2 Å². The molecule has 0 heterocycles. The van der Waals surface area contributed by atoms with Gasteiger partial charge in [0.1, 0.15) is 5.75 Å². The van der Waals surface area contributed by atoms with E-state index >= 15 is 0 Å². The Hall–Kier alpha value is -2.50. The van der Waals surface area contributed by atoms with Crippen LogP contribution in [0, 0.1) is 0 Å². The Morgan fingerprint density at radius 2 is 1.57 bits per heavy atom. The highest BCUT2D eigenvalue weighted by molar-refractivity contribution is 5.95. The molecule has 21 heavy (non-hydrogen) atoms. The fourth-order valence-corrected chi connectivity index (χ4v) is 1.87. The standard InChI is InChI=1S/C15H11F3O3/c16-15(17,18)9-21-13-8-4-3-6-11(13)10-5-1-2-7-12(10)14(19)20/h1-8H,9H2,(H,19,20)/p-1. The van der Waals surface area contributed by atoms with Crippen LogP contribution in [-0.4, -0.2) is 18.8 Å². The highest BCUT2D eigenvalue weighted by atomic mass is 19.4. The lowest BCUT2D eigenvalue weighted by atomic mass is 9.99. The number of hydrogen-bond donors (Lipinski definition) is 0. The molecule has 0 atom stereocenters. The van der Waals surface area contributed by atoms with Crippen molar-refractivity contribution in [1.82, 2.24) is 0 Å². The summed E-state index contributed by atoms with van der Waals surface area (Å²) >= 11 is 0. The summed E-state index contributed by atoms with van der Waals surface area (Å²) in [6, 6.07) is 11.8. The van der Waals surface area contributed by atoms with Crippen molar-refractivity contribution in [3.63, 3.8) is 0 Å². The third-order valence-electron chi connectivity index (χ3n) is 2.72. The predicted molar refractivity (Wildman–Crippen MR) is 67.8 cm³/mol. The van der Waals surface area contributed by atoms with Crippen LogP contribution in [0.1, 0.15) is 10.4 Å². The summed E-state index contributed by atoms with van der Waals surface area (Å²) in [5.41, 5.74) is 0.400. The molecule has 0 saturated heterocycles. The normalized spacial score (nSPS) is 11.2. The summed E-state index contributed by atoms with van der Waals surface area (Å²) in [5, 5.41) is 11.1. The molecule has 2 rings (SSSR count). The topological polar surface area (TPSA) is 49.4 Å². The van der Waals surface area contributed by atoms with Gasteiger partial charge < -0.3 is 14.6 Å². The van der Waals surface area contributed by atoms with Gasteiger partial charge in [0, 0.05) is 11.1 Å². The van der Waals surface area contributed by atoms with Crippen molar-refractivity contribution in [3.8, 4) is 16.9 Å². The van der Waals surface area contributed by atoms with Crippen LogP contribution in [0.5, 0.6) is 5.75 Å². The molecule has 0 N–H and O–H groups in total. The average molecular weight is 295 g/mol. The van der Waals surface area contributed by atoms with Crippen molar-refractivity contribution in [2.75, 3.05) is 6.61 Å². The molecular weight excluding hydrogens is 285 g/mol. The molecule has 0 bridgehead atoms. The second-order valence-corrected chi connectivity index (χ2v) is 4.23. The third-order valence-corrected chi connectivity index (χ3v) is 2.72. The molecule has 3 nitrogen and oxygen atoms in total. The van der Waals surface area contributed by atoms with E-state index in [0.717, 1.165) is 0 Å². The molecule has 0 aliphatic rings. The summed E-state index contributed by atoms with van der Waals surface area (Å²) in [4.78, 5) is 11.1. The van der Waals surface area contributed by atoms with Crippen LogP contribution in [0.2, 0.25) is 0 Å². The molecule has 0 radical (unpaired) electrons. The molecule has 0 amide bonds.